The number of nitrogens with one attached hydrogen (secondary N) is 2. The lowest BCUT2D eigenvalue weighted by Gasteiger charge is -2.19. The minimum atomic E-state index is -0.896. The van der Waals surface area contributed by atoms with Crippen LogP contribution in [0.5, 0.6) is 0 Å². The van der Waals surface area contributed by atoms with Crippen molar-refractivity contribution in [2.75, 3.05) is 13.2 Å². The van der Waals surface area contributed by atoms with Crippen molar-refractivity contribution in [2.45, 2.75) is 19.4 Å². The van der Waals surface area contributed by atoms with Crippen LogP contribution in [0.15, 0.2) is 0 Å². The Bertz CT molecular complexity index is 217. The van der Waals surface area contributed by atoms with Gasteiger partial charge in [-0.15, -0.1) is 0 Å². The lowest BCUT2D eigenvalue weighted by molar-refractivity contribution is -0.125. The number of amides is 3. The molecule has 5 nitrogen and oxygen atoms in total. The van der Waals surface area contributed by atoms with E-state index in [1.807, 2.05) is 6.92 Å². The van der Waals surface area contributed by atoms with Crippen LogP contribution in [0.3, 0.4) is 0 Å². The SMILES string of the molecule is CCOCC1(C)NC(=O)NC1=O. The van der Waals surface area contributed by atoms with Gasteiger partial charge in [-0.25, -0.2) is 4.79 Å². The number of ether oxygens (including phenoxy) is 1. The summed E-state index contributed by atoms with van der Waals surface area (Å²) in [4.78, 5) is 21.9. The fraction of sp³-hybridized carbons (Fsp3) is 0.714. The molecule has 0 bridgehead atoms. The van der Waals surface area contributed by atoms with Gasteiger partial charge < -0.3 is 10.1 Å². The van der Waals surface area contributed by atoms with E-state index in [0.717, 1.165) is 0 Å². The molecule has 3 amide bonds. The summed E-state index contributed by atoms with van der Waals surface area (Å²) >= 11 is 0. The summed E-state index contributed by atoms with van der Waals surface area (Å²) in [6, 6.07) is -0.456. The molecule has 1 aliphatic rings. The minimum absolute atomic E-state index is 0.209. The first-order valence-corrected chi connectivity index (χ1v) is 3.80. The molecule has 68 valence electrons. The Morgan fingerprint density at radius 3 is 2.58 bits per heavy atom. The molecule has 0 radical (unpaired) electrons. The molecule has 1 saturated heterocycles. The molecule has 0 saturated carbocycles. The lowest BCUT2D eigenvalue weighted by Crippen LogP contribution is -2.47. The zero-order chi connectivity index (χ0) is 9.19. The van der Waals surface area contributed by atoms with Crippen molar-refractivity contribution in [1.82, 2.24) is 10.6 Å². The molecular formula is C7H12N2O3. The molecule has 5 heteroatoms. The van der Waals surface area contributed by atoms with Gasteiger partial charge in [-0.2, -0.15) is 0 Å². The van der Waals surface area contributed by atoms with Gasteiger partial charge in [0.05, 0.1) is 6.61 Å². The van der Waals surface area contributed by atoms with Crippen LogP contribution in [0.25, 0.3) is 0 Å². The third kappa shape index (κ3) is 1.55. The number of hydrogen-bond donors (Lipinski definition) is 2. The quantitative estimate of drug-likeness (QED) is 0.570. The van der Waals surface area contributed by atoms with Crippen LogP contribution in [0.2, 0.25) is 0 Å². The summed E-state index contributed by atoms with van der Waals surface area (Å²) in [6.07, 6.45) is 0. The van der Waals surface area contributed by atoms with Crippen molar-refractivity contribution in [3.8, 4) is 0 Å². The normalized spacial score (nSPS) is 28.5. The number of rotatable bonds is 3. The first kappa shape index (κ1) is 8.99. The maximum absolute atomic E-state index is 11.1. The number of imide groups is 1. The summed E-state index contributed by atoms with van der Waals surface area (Å²) in [5.74, 6) is -0.332. The van der Waals surface area contributed by atoms with Crippen molar-refractivity contribution in [1.29, 1.82) is 0 Å². The standard InChI is InChI=1S/C7H12N2O3/c1-3-12-4-7(2)5(10)8-6(11)9-7/h3-4H2,1-2H3,(H2,8,9,10,11). The monoisotopic (exact) mass is 172 g/mol. The molecule has 1 atom stereocenters. The van der Waals surface area contributed by atoms with Gasteiger partial charge in [-0.3, -0.25) is 10.1 Å². The van der Waals surface area contributed by atoms with Gasteiger partial charge in [-0.1, -0.05) is 0 Å². The molecule has 0 aliphatic carbocycles. The number of hydrogen-bond acceptors (Lipinski definition) is 3. The van der Waals surface area contributed by atoms with E-state index in [4.69, 9.17) is 4.74 Å². The second kappa shape index (κ2) is 3.10. The Kier molecular flexibility index (Phi) is 2.32. The first-order valence-electron chi connectivity index (χ1n) is 3.80. The third-order valence-corrected chi connectivity index (χ3v) is 1.71. The van der Waals surface area contributed by atoms with E-state index in [1.54, 1.807) is 6.92 Å². The van der Waals surface area contributed by atoms with Gasteiger partial charge in [0.15, 0.2) is 0 Å². The van der Waals surface area contributed by atoms with E-state index < -0.39 is 11.6 Å². The molecule has 1 heterocycles. The maximum Gasteiger partial charge on any atom is 0.322 e. The minimum Gasteiger partial charge on any atom is -0.379 e. The fourth-order valence-corrected chi connectivity index (χ4v) is 0.987. The average Bonchev–Trinajstić information content (AvgIpc) is 2.23. The van der Waals surface area contributed by atoms with E-state index in [2.05, 4.69) is 10.6 Å². The van der Waals surface area contributed by atoms with Crippen LogP contribution in [-0.4, -0.2) is 30.7 Å². The Morgan fingerprint density at radius 2 is 2.17 bits per heavy atom. The van der Waals surface area contributed by atoms with Gasteiger partial charge in [-0.05, 0) is 13.8 Å². The van der Waals surface area contributed by atoms with Crippen molar-refractivity contribution >= 4 is 11.9 Å². The zero-order valence-corrected chi connectivity index (χ0v) is 7.14. The Balaban J connectivity index is 2.58. The lowest BCUT2D eigenvalue weighted by atomic mass is 10.1. The topological polar surface area (TPSA) is 67.4 Å². The molecule has 1 aliphatic heterocycles. The second-order valence-electron chi connectivity index (χ2n) is 2.88. The summed E-state index contributed by atoms with van der Waals surface area (Å²) < 4.78 is 5.06. The van der Waals surface area contributed by atoms with Crippen LogP contribution in [0.4, 0.5) is 4.79 Å². The Morgan fingerprint density at radius 1 is 1.50 bits per heavy atom. The van der Waals surface area contributed by atoms with E-state index in [9.17, 15) is 9.59 Å². The van der Waals surface area contributed by atoms with Crippen molar-refractivity contribution < 1.29 is 14.3 Å². The van der Waals surface area contributed by atoms with E-state index in [-0.39, 0.29) is 12.5 Å². The molecule has 0 spiro atoms. The maximum atomic E-state index is 11.1. The number of carbonyl (C=O) groups excluding carboxylic acids is 2. The summed E-state index contributed by atoms with van der Waals surface area (Å²) in [5, 5.41) is 4.64. The smallest absolute Gasteiger partial charge is 0.322 e. The predicted molar refractivity (Wildman–Crippen MR) is 41.6 cm³/mol. The molecule has 12 heavy (non-hydrogen) atoms. The zero-order valence-electron chi connectivity index (χ0n) is 7.14. The van der Waals surface area contributed by atoms with Crippen LogP contribution >= 0.6 is 0 Å². The van der Waals surface area contributed by atoms with Crippen LogP contribution in [0, 0.1) is 0 Å². The average molecular weight is 172 g/mol. The van der Waals surface area contributed by atoms with Gasteiger partial charge >= 0.3 is 6.03 Å². The highest BCUT2D eigenvalue weighted by Gasteiger charge is 2.41. The summed E-state index contributed by atoms with van der Waals surface area (Å²) in [6.45, 7) is 4.20. The highest BCUT2D eigenvalue weighted by atomic mass is 16.5. The number of carbonyl (C=O) groups is 2. The Labute approximate surface area is 70.5 Å². The number of urea groups is 1. The molecular weight excluding hydrogens is 160 g/mol. The van der Waals surface area contributed by atoms with Gasteiger partial charge in [0.25, 0.3) is 5.91 Å². The molecule has 1 unspecified atom stereocenters. The van der Waals surface area contributed by atoms with Crippen LogP contribution < -0.4 is 10.6 Å². The second-order valence-corrected chi connectivity index (χ2v) is 2.88. The Hall–Kier alpha value is -1.10. The van der Waals surface area contributed by atoms with Crippen molar-refractivity contribution in [3.05, 3.63) is 0 Å². The third-order valence-electron chi connectivity index (χ3n) is 1.71. The van der Waals surface area contributed by atoms with Gasteiger partial charge in [0, 0.05) is 6.61 Å². The van der Waals surface area contributed by atoms with E-state index in [0.29, 0.717) is 6.61 Å². The highest BCUT2D eigenvalue weighted by Crippen LogP contribution is 2.09. The molecule has 0 aromatic rings. The molecule has 1 fully saturated rings. The molecule has 0 aromatic heterocycles. The van der Waals surface area contributed by atoms with Crippen LogP contribution in [0.1, 0.15) is 13.8 Å². The van der Waals surface area contributed by atoms with E-state index in [1.165, 1.54) is 0 Å². The first-order chi connectivity index (χ1) is 5.58. The summed E-state index contributed by atoms with van der Waals surface area (Å²) in [5.41, 5.74) is -0.896. The van der Waals surface area contributed by atoms with Gasteiger partial charge in [0.1, 0.15) is 5.54 Å². The molecule has 2 N–H and O–H groups in total. The van der Waals surface area contributed by atoms with Gasteiger partial charge in [0.2, 0.25) is 0 Å². The molecule has 0 aromatic carbocycles. The predicted octanol–water partition coefficient (Wildman–Crippen LogP) is -0.379. The fourth-order valence-electron chi connectivity index (χ4n) is 0.987. The van der Waals surface area contributed by atoms with E-state index >= 15 is 0 Å². The summed E-state index contributed by atoms with van der Waals surface area (Å²) in [7, 11) is 0. The largest absolute Gasteiger partial charge is 0.379 e. The van der Waals surface area contributed by atoms with Crippen molar-refractivity contribution in [2.24, 2.45) is 0 Å². The van der Waals surface area contributed by atoms with Crippen molar-refractivity contribution in [3.63, 3.8) is 0 Å². The molecule has 1 rings (SSSR count). The van der Waals surface area contributed by atoms with Crippen LogP contribution in [-0.2, 0) is 9.53 Å². The highest BCUT2D eigenvalue weighted by molar-refractivity contribution is 6.06.